The number of hydrogen-bond donors (Lipinski definition) is 1. The van der Waals surface area contributed by atoms with Gasteiger partial charge in [-0.1, -0.05) is 37.4 Å². The number of hydrogen-bond acceptors (Lipinski definition) is 2. The average Bonchev–Trinajstić information content (AvgIpc) is 2.28. The number of rotatable bonds is 6. The third-order valence-electron chi connectivity index (χ3n) is 2.11. The Morgan fingerprint density at radius 3 is 2.38 bits per heavy atom. The fraction of sp³-hybridized carbons (Fsp3) is 0.154. The Morgan fingerprint density at radius 1 is 1.31 bits per heavy atom. The molecule has 0 aromatic heterocycles. The number of benzene rings is 1. The topological polar surface area (TPSA) is 46.5 Å². The number of ether oxygens (including phenoxy) is 1. The van der Waals surface area contributed by atoms with Crippen molar-refractivity contribution < 1.29 is 14.6 Å². The maximum Gasteiger partial charge on any atom is 0.331 e. The monoisotopic (exact) mass is 218 g/mol. The van der Waals surface area contributed by atoms with E-state index in [1.165, 1.54) is 6.26 Å². The Kier molecular flexibility index (Phi) is 4.33. The Labute approximate surface area is 94.7 Å². The molecule has 1 aromatic rings. The van der Waals surface area contributed by atoms with Crippen LogP contribution in [0.4, 0.5) is 0 Å². The van der Waals surface area contributed by atoms with E-state index in [0.717, 1.165) is 11.1 Å². The van der Waals surface area contributed by atoms with Gasteiger partial charge >= 0.3 is 5.97 Å². The molecule has 0 radical (unpaired) electrons. The Morgan fingerprint density at radius 2 is 1.88 bits per heavy atom. The number of carboxylic acids is 1. The second-order valence-electron chi connectivity index (χ2n) is 3.38. The molecular formula is C13H14O3. The molecule has 1 rings (SSSR count). The Balaban J connectivity index is 2.60. The lowest BCUT2D eigenvalue weighted by molar-refractivity contribution is -0.132. The second-order valence-corrected chi connectivity index (χ2v) is 3.38. The summed E-state index contributed by atoms with van der Waals surface area (Å²) < 4.78 is 5.03. The Bertz CT molecular complexity index is 390. The van der Waals surface area contributed by atoms with Crippen LogP contribution in [0.3, 0.4) is 0 Å². The van der Waals surface area contributed by atoms with Crippen LogP contribution >= 0.6 is 0 Å². The van der Waals surface area contributed by atoms with Gasteiger partial charge in [0.25, 0.3) is 0 Å². The van der Waals surface area contributed by atoms with Crippen molar-refractivity contribution in [3.05, 3.63) is 60.4 Å². The SMILES string of the molecule is C=COCc1ccc(CC(=C)C(=O)O)cc1. The summed E-state index contributed by atoms with van der Waals surface area (Å²) in [6.07, 6.45) is 1.75. The van der Waals surface area contributed by atoms with Gasteiger partial charge in [0.15, 0.2) is 0 Å². The van der Waals surface area contributed by atoms with Crippen LogP contribution in [0.15, 0.2) is 49.3 Å². The first kappa shape index (κ1) is 12.0. The molecule has 3 nitrogen and oxygen atoms in total. The molecular weight excluding hydrogens is 204 g/mol. The van der Waals surface area contributed by atoms with Crippen molar-refractivity contribution in [3.63, 3.8) is 0 Å². The highest BCUT2D eigenvalue weighted by atomic mass is 16.5. The van der Waals surface area contributed by atoms with Crippen LogP contribution in [0.5, 0.6) is 0 Å². The highest BCUT2D eigenvalue weighted by Crippen LogP contribution is 2.10. The van der Waals surface area contributed by atoms with E-state index in [4.69, 9.17) is 9.84 Å². The van der Waals surface area contributed by atoms with Crippen LogP contribution in [0, 0.1) is 0 Å². The molecule has 0 fully saturated rings. The molecule has 0 spiro atoms. The summed E-state index contributed by atoms with van der Waals surface area (Å²) in [5.74, 6) is -0.959. The number of aliphatic carboxylic acids is 1. The van der Waals surface area contributed by atoms with Crippen LogP contribution in [-0.2, 0) is 22.6 Å². The molecule has 0 amide bonds. The summed E-state index contributed by atoms with van der Waals surface area (Å²) in [7, 11) is 0. The van der Waals surface area contributed by atoms with Crippen LogP contribution in [0.2, 0.25) is 0 Å². The highest BCUT2D eigenvalue weighted by molar-refractivity contribution is 5.86. The maximum absolute atomic E-state index is 10.6. The van der Waals surface area contributed by atoms with Gasteiger partial charge in [-0.2, -0.15) is 0 Å². The number of carboxylic acid groups (broad SMARTS) is 1. The molecule has 1 N–H and O–H groups in total. The van der Waals surface area contributed by atoms with Crippen LogP contribution in [0.1, 0.15) is 11.1 Å². The summed E-state index contributed by atoms with van der Waals surface area (Å²) in [5, 5.41) is 8.68. The minimum atomic E-state index is -0.959. The van der Waals surface area contributed by atoms with E-state index < -0.39 is 5.97 Å². The van der Waals surface area contributed by atoms with Crippen molar-refractivity contribution in [1.82, 2.24) is 0 Å². The summed E-state index contributed by atoms with van der Waals surface area (Å²) in [6.45, 7) is 7.41. The summed E-state index contributed by atoms with van der Waals surface area (Å²) in [5.41, 5.74) is 2.13. The van der Waals surface area contributed by atoms with E-state index in [1.54, 1.807) is 0 Å². The fourth-order valence-corrected chi connectivity index (χ4v) is 1.23. The molecule has 3 heteroatoms. The van der Waals surface area contributed by atoms with Crippen LogP contribution < -0.4 is 0 Å². The van der Waals surface area contributed by atoms with Crippen LogP contribution in [0.25, 0.3) is 0 Å². The molecule has 0 bridgehead atoms. The molecule has 84 valence electrons. The van der Waals surface area contributed by atoms with Crippen molar-refractivity contribution >= 4 is 5.97 Å². The molecule has 0 aliphatic carbocycles. The predicted octanol–water partition coefficient (Wildman–Crippen LogP) is 2.53. The first-order valence-electron chi connectivity index (χ1n) is 4.85. The zero-order valence-corrected chi connectivity index (χ0v) is 8.98. The quantitative estimate of drug-likeness (QED) is 0.589. The van der Waals surface area contributed by atoms with Gasteiger partial charge in [0.2, 0.25) is 0 Å². The zero-order chi connectivity index (χ0) is 12.0. The van der Waals surface area contributed by atoms with Gasteiger partial charge in [-0.05, 0) is 11.1 Å². The highest BCUT2D eigenvalue weighted by Gasteiger charge is 2.04. The van der Waals surface area contributed by atoms with Gasteiger partial charge in [-0.15, -0.1) is 0 Å². The summed E-state index contributed by atoms with van der Waals surface area (Å²) in [6, 6.07) is 7.54. The maximum atomic E-state index is 10.6. The van der Waals surface area contributed by atoms with E-state index in [9.17, 15) is 4.79 Å². The van der Waals surface area contributed by atoms with Crippen LogP contribution in [-0.4, -0.2) is 11.1 Å². The minimum absolute atomic E-state index is 0.190. The van der Waals surface area contributed by atoms with Crippen molar-refractivity contribution in [3.8, 4) is 0 Å². The van der Waals surface area contributed by atoms with Gasteiger partial charge in [-0.25, -0.2) is 4.79 Å². The third kappa shape index (κ3) is 3.61. The summed E-state index contributed by atoms with van der Waals surface area (Å²) in [4.78, 5) is 10.6. The largest absolute Gasteiger partial charge is 0.497 e. The molecule has 0 aliphatic heterocycles. The zero-order valence-electron chi connectivity index (χ0n) is 8.98. The van der Waals surface area contributed by atoms with E-state index in [1.807, 2.05) is 24.3 Å². The molecule has 0 heterocycles. The molecule has 0 unspecified atom stereocenters. The van der Waals surface area contributed by atoms with Gasteiger partial charge in [0, 0.05) is 12.0 Å². The second kappa shape index (κ2) is 5.75. The molecule has 0 aliphatic rings. The predicted molar refractivity (Wildman–Crippen MR) is 61.9 cm³/mol. The smallest absolute Gasteiger partial charge is 0.331 e. The van der Waals surface area contributed by atoms with Gasteiger partial charge in [0.05, 0.1) is 6.26 Å². The van der Waals surface area contributed by atoms with Crippen molar-refractivity contribution in [2.45, 2.75) is 13.0 Å². The summed E-state index contributed by atoms with van der Waals surface area (Å²) >= 11 is 0. The lowest BCUT2D eigenvalue weighted by Gasteiger charge is -2.04. The normalized spacial score (nSPS) is 9.50. The standard InChI is InChI=1S/C13H14O3/c1-3-16-9-12-6-4-11(5-7-12)8-10(2)13(14)15/h3-7H,1-2,8-9H2,(H,14,15). The van der Waals surface area contributed by atoms with E-state index >= 15 is 0 Å². The van der Waals surface area contributed by atoms with Gasteiger partial charge in [0.1, 0.15) is 6.61 Å². The molecule has 16 heavy (non-hydrogen) atoms. The lowest BCUT2D eigenvalue weighted by Crippen LogP contribution is -2.02. The van der Waals surface area contributed by atoms with E-state index in [2.05, 4.69) is 13.2 Å². The molecule has 1 aromatic carbocycles. The van der Waals surface area contributed by atoms with Crippen molar-refractivity contribution in [1.29, 1.82) is 0 Å². The van der Waals surface area contributed by atoms with Crippen molar-refractivity contribution in [2.24, 2.45) is 0 Å². The average molecular weight is 218 g/mol. The molecule has 0 saturated carbocycles. The first-order chi connectivity index (χ1) is 7.63. The van der Waals surface area contributed by atoms with E-state index in [-0.39, 0.29) is 5.57 Å². The molecule has 0 atom stereocenters. The van der Waals surface area contributed by atoms with E-state index in [0.29, 0.717) is 13.0 Å². The third-order valence-corrected chi connectivity index (χ3v) is 2.11. The van der Waals surface area contributed by atoms with Crippen molar-refractivity contribution in [2.75, 3.05) is 0 Å². The van der Waals surface area contributed by atoms with Gasteiger partial charge in [-0.3, -0.25) is 0 Å². The molecule has 0 saturated heterocycles. The lowest BCUT2D eigenvalue weighted by atomic mass is 10.1. The fourth-order valence-electron chi connectivity index (χ4n) is 1.23. The first-order valence-corrected chi connectivity index (χ1v) is 4.85. The Hall–Kier alpha value is -2.03. The minimum Gasteiger partial charge on any atom is -0.497 e. The van der Waals surface area contributed by atoms with Gasteiger partial charge < -0.3 is 9.84 Å². The number of carbonyl (C=O) groups is 1.